The van der Waals surface area contributed by atoms with Crippen LogP contribution in [0.15, 0.2) is 27.4 Å². The molecule has 2 rings (SSSR count). The number of phosphoric ester groups is 1. The number of phosphoric acid groups is 1. The van der Waals surface area contributed by atoms with Crippen LogP contribution >= 0.6 is 19.4 Å². The van der Waals surface area contributed by atoms with Gasteiger partial charge in [-0.15, -0.1) is 0 Å². The van der Waals surface area contributed by atoms with Crippen LogP contribution in [0.4, 0.5) is 0 Å². The SMILES string of the molecule is CCCCCCCCCCCCCC(=O)OCC(COP(=O)(O)OCCNC(=O)CNC(=O)c1cc2cc(Cl)c(O)cc2oc1=O)OC(=O)CCCCCCCCCCCCC. The van der Waals surface area contributed by atoms with E-state index in [1.54, 1.807) is 0 Å². The van der Waals surface area contributed by atoms with Gasteiger partial charge in [-0.2, -0.15) is 0 Å². The second-order valence-electron chi connectivity index (χ2n) is 15.8. The molecule has 0 bridgehead atoms. The highest BCUT2D eigenvalue weighted by atomic mass is 35.5. The number of benzene rings is 1. The zero-order valence-electron chi connectivity index (χ0n) is 37.0. The molecule has 0 radical (unpaired) electrons. The Morgan fingerprint density at radius 3 is 1.77 bits per heavy atom. The number of rotatable bonds is 37. The summed E-state index contributed by atoms with van der Waals surface area (Å²) in [5.41, 5.74) is -1.38. The van der Waals surface area contributed by atoms with Crippen molar-refractivity contribution in [2.45, 2.75) is 174 Å². The molecule has 352 valence electrons. The molecule has 2 atom stereocenters. The molecule has 0 fully saturated rings. The van der Waals surface area contributed by atoms with E-state index < -0.39 is 68.6 Å². The summed E-state index contributed by atoms with van der Waals surface area (Å²) in [7, 11) is -4.71. The Labute approximate surface area is 372 Å². The maximum Gasteiger partial charge on any atom is 0.472 e. The van der Waals surface area contributed by atoms with Gasteiger partial charge in [0.15, 0.2) is 6.10 Å². The van der Waals surface area contributed by atoms with Crippen molar-refractivity contribution in [2.75, 3.05) is 32.9 Å². The number of phenols is 1. The van der Waals surface area contributed by atoms with Gasteiger partial charge < -0.3 is 34.5 Å². The molecule has 4 N–H and O–H groups in total. The quantitative estimate of drug-likeness (QED) is 0.0215. The van der Waals surface area contributed by atoms with Crippen LogP contribution in [0.1, 0.15) is 178 Å². The Morgan fingerprint density at radius 2 is 1.23 bits per heavy atom. The van der Waals surface area contributed by atoms with Gasteiger partial charge in [0, 0.05) is 30.8 Å². The fourth-order valence-corrected chi connectivity index (χ4v) is 7.58. The summed E-state index contributed by atoms with van der Waals surface area (Å²) >= 11 is 5.90. The number of aromatic hydroxyl groups is 1. The largest absolute Gasteiger partial charge is 0.506 e. The van der Waals surface area contributed by atoms with Gasteiger partial charge in [0.2, 0.25) is 5.91 Å². The third-order valence-corrected chi connectivity index (χ3v) is 11.5. The van der Waals surface area contributed by atoms with E-state index in [0.717, 1.165) is 44.6 Å². The van der Waals surface area contributed by atoms with Crippen LogP contribution in [0.25, 0.3) is 11.0 Å². The summed E-state index contributed by atoms with van der Waals surface area (Å²) in [6.07, 6.45) is 24.1. The average molecular weight is 915 g/mol. The Morgan fingerprint density at radius 1 is 0.710 bits per heavy atom. The average Bonchev–Trinajstić information content (AvgIpc) is 3.24. The second-order valence-corrected chi connectivity index (χ2v) is 17.6. The number of unbranched alkanes of at least 4 members (excludes halogenated alkanes) is 20. The van der Waals surface area contributed by atoms with Crippen LogP contribution in [0.2, 0.25) is 5.02 Å². The van der Waals surface area contributed by atoms with E-state index in [1.807, 2.05) is 0 Å². The second kappa shape index (κ2) is 33.1. The van der Waals surface area contributed by atoms with Crippen LogP contribution in [-0.4, -0.2) is 72.8 Å². The number of ether oxygens (including phenoxy) is 2. The molecule has 1 heterocycles. The lowest BCUT2D eigenvalue weighted by Crippen LogP contribution is -2.39. The number of phenolic OH excluding ortho intramolecular Hbond substituents is 1. The highest BCUT2D eigenvalue weighted by molar-refractivity contribution is 7.47. The molecular weight excluding hydrogens is 843 g/mol. The molecule has 15 nitrogen and oxygen atoms in total. The van der Waals surface area contributed by atoms with Crippen LogP contribution in [0.3, 0.4) is 0 Å². The normalized spacial score (nSPS) is 12.8. The van der Waals surface area contributed by atoms with Crippen LogP contribution < -0.4 is 16.3 Å². The summed E-state index contributed by atoms with van der Waals surface area (Å²) < 4.78 is 38.7. The third-order valence-electron chi connectivity index (χ3n) is 10.3. The van der Waals surface area contributed by atoms with Crippen LogP contribution in [0.5, 0.6) is 5.75 Å². The predicted molar refractivity (Wildman–Crippen MR) is 239 cm³/mol. The molecule has 0 saturated heterocycles. The molecule has 0 saturated carbocycles. The lowest BCUT2D eigenvalue weighted by molar-refractivity contribution is -0.161. The molecule has 1 aromatic heterocycles. The number of carbonyl (C=O) groups excluding carboxylic acids is 4. The van der Waals surface area contributed by atoms with Crippen molar-refractivity contribution in [1.29, 1.82) is 0 Å². The molecule has 0 aliphatic rings. The molecule has 17 heteroatoms. The van der Waals surface area contributed by atoms with Gasteiger partial charge in [-0.1, -0.05) is 154 Å². The van der Waals surface area contributed by atoms with Crippen molar-refractivity contribution in [3.05, 3.63) is 39.2 Å². The minimum atomic E-state index is -4.71. The minimum absolute atomic E-state index is 0.0103. The molecular formula is C45H72ClN2O13P. The minimum Gasteiger partial charge on any atom is -0.506 e. The highest BCUT2D eigenvalue weighted by Crippen LogP contribution is 2.43. The van der Waals surface area contributed by atoms with Gasteiger partial charge >= 0.3 is 25.4 Å². The first kappa shape index (κ1) is 54.6. The van der Waals surface area contributed by atoms with Crippen molar-refractivity contribution in [3.8, 4) is 5.75 Å². The third kappa shape index (κ3) is 25.6. The van der Waals surface area contributed by atoms with E-state index in [2.05, 4.69) is 24.5 Å². The van der Waals surface area contributed by atoms with Gasteiger partial charge in [-0.05, 0) is 25.0 Å². The predicted octanol–water partition coefficient (Wildman–Crippen LogP) is 9.99. The molecule has 0 aliphatic heterocycles. The standard InChI is InChI=1S/C45H72ClN2O13P/c1-3-5-7-9-11-13-15-17-19-21-23-25-42(51)57-33-36(60-43(52)26-24-22-20-18-16-14-12-10-8-6-4-2)34-59-62(55,56)58-28-27-47-41(50)32-48-44(53)37-29-35-30-38(46)39(49)31-40(35)61-45(37)54/h29-31,36,49H,3-28,32-34H2,1-2H3,(H,47,50)(H,48,53)(H,55,56). The molecule has 0 aliphatic carbocycles. The van der Waals surface area contributed by atoms with E-state index in [1.165, 1.54) is 102 Å². The summed E-state index contributed by atoms with van der Waals surface area (Å²) in [4.78, 5) is 72.7. The topological polar surface area (TPSA) is 217 Å². The summed E-state index contributed by atoms with van der Waals surface area (Å²) in [5.74, 6) is -2.91. The van der Waals surface area contributed by atoms with Crippen LogP contribution in [0, 0.1) is 0 Å². The Balaban J connectivity index is 1.76. The number of hydrogen-bond acceptors (Lipinski definition) is 12. The van der Waals surface area contributed by atoms with E-state index in [9.17, 15) is 38.5 Å². The molecule has 2 unspecified atom stereocenters. The van der Waals surface area contributed by atoms with Crippen molar-refractivity contribution >= 4 is 54.1 Å². The van der Waals surface area contributed by atoms with Crippen molar-refractivity contribution < 1.29 is 56.7 Å². The summed E-state index contributed by atoms with van der Waals surface area (Å²) in [5, 5.41) is 14.6. The number of fused-ring (bicyclic) bond motifs is 1. The first-order valence-corrected chi connectivity index (χ1v) is 24.7. The lowest BCUT2D eigenvalue weighted by Gasteiger charge is -2.20. The van der Waals surface area contributed by atoms with Gasteiger partial charge in [0.05, 0.1) is 24.8 Å². The summed E-state index contributed by atoms with van der Waals surface area (Å²) in [6.45, 7) is 2.20. The molecule has 2 amide bonds. The van der Waals surface area contributed by atoms with Crippen molar-refractivity contribution in [2.24, 2.45) is 0 Å². The Bertz CT molecular complexity index is 1720. The van der Waals surface area contributed by atoms with Crippen molar-refractivity contribution in [3.63, 3.8) is 0 Å². The van der Waals surface area contributed by atoms with Crippen LogP contribution in [-0.2, 0) is 37.5 Å². The smallest absolute Gasteiger partial charge is 0.472 e. The Hall–Kier alpha value is -3.49. The molecule has 0 spiro atoms. The van der Waals surface area contributed by atoms with Crippen molar-refractivity contribution in [1.82, 2.24) is 10.6 Å². The number of carbonyl (C=O) groups is 4. The lowest BCUT2D eigenvalue weighted by atomic mass is 10.1. The zero-order chi connectivity index (χ0) is 45.4. The zero-order valence-corrected chi connectivity index (χ0v) is 38.7. The van der Waals surface area contributed by atoms with E-state index >= 15 is 0 Å². The highest BCUT2D eigenvalue weighted by Gasteiger charge is 2.26. The van der Waals surface area contributed by atoms with E-state index in [0.29, 0.717) is 12.8 Å². The Kier molecular flexibility index (Phi) is 29.2. The number of halogens is 1. The maximum absolute atomic E-state index is 12.7. The number of nitrogens with one attached hydrogen (secondary N) is 2. The number of amides is 2. The van der Waals surface area contributed by atoms with E-state index in [-0.39, 0.29) is 47.7 Å². The fraction of sp³-hybridized carbons (Fsp3) is 0.711. The molecule has 62 heavy (non-hydrogen) atoms. The first-order valence-electron chi connectivity index (χ1n) is 22.8. The van der Waals surface area contributed by atoms with Gasteiger partial charge in [-0.25, -0.2) is 9.36 Å². The number of esters is 2. The first-order chi connectivity index (χ1) is 29.8. The van der Waals surface area contributed by atoms with Gasteiger partial charge in [0.1, 0.15) is 23.5 Å². The summed E-state index contributed by atoms with van der Waals surface area (Å²) in [6, 6.07) is 3.66. The molecule has 2 aromatic rings. The number of hydrogen-bond donors (Lipinski definition) is 4. The fourth-order valence-electron chi connectivity index (χ4n) is 6.66. The monoisotopic (exact) mass is 914 g/mol. The maximum atomic E-state index is 12.7. The van der Waals surface area contributed by atoms with Gasteiger partial charge in [-0.3, -0.25) is 28.2 Å². The van der Waals surface area contributed by atoms with E-state index in [4.69, 9.17) is 34.5 Å². The molecule has 1 aromatic carbocycles. The van der Waals surface area contributed by atoms with Gasteiger partial charge in [0.25, 0.3) is 5.91 Å².